The quantitative estimate of drug-likeness (QED) is 0.694. The van der Waals surface area contributed by atoms with E-state index in [2.05, 4.69) is 5.32 Å². The zero-order chi connectivity index (χ0) is 21.3. The van der Waals surface area contributed by atoms with Crippen LogP contribution in [0.4, 0.5) is 18.9 Å². The van der Waals surface area contributed by atoms with E-state index in [0.29, 0.717) is 12.1 Å². The molecule has 29 heavy (non-hydrogen) atoms. The molecule has 1 N–H and O–H groups in total. The fourth-order valence-corrected chi connectivity index (χ4v) is 4.89. The second kappa shape index (κ2) is 8.49. The van der Waals surface area contributed by atoms with Crippen LogP contribution < -0.4 is 5.32 Å². The average molecular weight is 469 g/mol. The van der Waals surface area contributed by atoms with Gasteiger partial charge in [-0.15, -0.1) is 0 Å². The van der Waals surface area contributed by atoms with Crippen LogP contribution in [0.25, 0.3) is 0 Å². The Labute approximate surface area is 174 Å². The molecule has 0 radical (unpaired) electrons. The summed E-state index contributed by atoms with van der Waals surface area (Å²) in [5.74, 6) is -5.65. The summed E-state index contributed by atoms with van der Waals surface area (Å²) < 4.78 is 71.7. The lowest BCUT2D eigenvalue weighted by molar-refractivity contribution is 0.0730. The van der Waals surface area contributed by atoms with Crippen LogP contribution in [0.2, 0.25) is 10.0 Å². The number of nitrogens with zero attached hydrogens (tertiary/aromatic N) is 1. The lowest BCUT2D eigenvalue weighted by atomic mass is 10.2. The maximum atomic E-state index is 13.3. The molecule has 0 unspecified atom stereocenters. The molecular formula is C17H13Cl2F3N2O4S. The van der Waals surface area contributed by atoms with Crippen molar-refractivity contribution in [1.82, 2.24) is 4.31 Å². The lowest BCUT2D eigenvalue weighted by Gasteiger charge is -2.26. The van der Waals surface area contributed by atoms with Gasteiger partial charge >= 0.3 is 0 Å². The maximum absolute atomic E-state index is 13.3. The smallest absolute Gasteiger partial charge is 0.257 e. The minimum absolute atomic E-state index is 0.108. The first-order chi connectivity index (χ1) is 13.6. The van der Waals surface area contributed by atoms with Crippen molar-refractivity contribution in [2.75, 3.05) is 31.6 Å². The Morgan fingerprint density at radius 2 is 1.59 bits per heavy atom. The molecule has 1 fully saturated rings. The van der Waals surface area contributed by atoms with Gasteiger partial charge < -0.3 is 10.1 Å². The summed E-state index contributed by atoms with van der Waals surface area (Å²) >= 11 is 12.0. The third-order valence-electron chi connectivity index (χ3n) is 4.10. The monoisotopic (exact) mass is 468 g/mol. The lowest BCUT2D eigenvalue weighted by Crippen LogP contribution is -2.40. The molecule has 0 spiro atoms. The minimum Gasteiger partial charge on any atom is -0.379 e. The Morgan fingerprint density at radius 1 is 1.00 bits per heavy atom. The van der Waals surface area contributed by atoms with E-state index in [1.54, 1.807) is 0 Å². The third kappa shape index (κ3) is 4.51. The molecule has 3 rings (SSSR count). The average Bonchev–Trinajstić information content (AvgIpc) is 2.66. The topological polar surface area (TPSA) is 75.7 Å². The molecule has 0 atom stereocenters. The molecule has 2 aromatic rings. The molecule has 1 amide bonds. The highest BCUT2D eigenvalue weighted by molar-refractivity contribution is 7.89. The molecule has 6 nitrogen and oxygen atoms in total. The van der Waals surface area contributed by atoms with E-state index in [4.69, 9.17) is 27.9 Å². The molecule has 156 valence electrons. The normalized spacial score (nSPS) is 15.3. The van der Waals surface area contributed by atoms with E-state index < -0.39 is 33.4 Å². The Hall–Kier alpha value is -1.85. The van der Waals surface area contributed by atoms with Crippen LogP contribution in [-0.4, -0.2) is 44.9 Å². The number of hydrogen-bond donors (Lipinski definition) is 1. The molecule has 0 aliphatic carbocycles. The van der Waals surface area contributed by atoms with E-state index in [1.165, 1.54) is 0 Å². The second-order valence-electron chi connectivity index (χ2n) is 5.99. The van der Waals surface area contributed by atoms with Crippen molar-refractivity contribution in [1.29, 1.82) is 0 Å². The highest BCUT2D eigenvalue weighted by Gasteiger charge is 2.30. The summed E-state index contributed by atoms with van der Waals surface area (Å²) in [7, 11) is -4.04. The summed E-state index contributed by atoms with van der Waals surface area (Å²) in [5.41, 5.74) is -0.678. The van der Waals surface area contributed by atoms with Crippen LogP contribution in [-0.2, 0) is 14.8 Å². The van der Waals surface area contributed by atoms with Gasteiger partial charge in [0.2, 0.25) is 10.0 Å². The van der Waals surface area contributed by atoms with E-state index in [1.807, 2.05) is 0 Å². The zero-order valence-electron chi connectivity index (χ0n) is 14.5. The van der Waals surface area contributed by atoms with E-state index >= 15 is 0 Å². The number of hydrogen-bond acceptors (Lipinski definition) is 4. The van der Waals surface area contributed by atoms with E-state index in [0.717, 1.165) is 16.4 Å². The highest BCUT2D eigenvalue weighted by Crippen LogP contribution is 2.31. The van der Waals surface area contributed by atoms with Crippen LogP contribution >= 0.6 is 23.2 Å². The fraction of sp³-hybridized carbons (Fsp3) is 0.235. The summed E-state index contributed by atoms with van der Waals surface area (Å²) in [6, 6.07) is 3.20. The third-order valence-corrected chi connectivity index (χ3v) is 6.77. The highest BCUT2D eigenvalue weighted by atomic mass is 35.5. The molecule has 1 heterocycles. The van der Waals surface area contributed by atoms with Gasteiger partial charge in [0.15, 0.2) is 17.5 Å². The SMILES string of the molecule is O=C(Nc1cc(F)c(F)c(F)c1)c1cc(S(=O)(=O)N2CCOCC2)c(Cl)cc1Cl. The van der Waals surface area contributed by atoms with Gasteiger partial charge in [-0.2, -0.15) is 4.31 Å². The molecule has 0 bridgehead atoms. The van der Waals surface area contributed by atoms with Crippen molar-refractivity contribution in [3.63, 3.8) is 0 Å². The standard InChI is InChI=1S/C17H13Cl2F3N2O4S/c18-11-8-12(19)15(29(26,27)24-1-3-28-4-2-24)7-10(11)17(25)23-9-5-13(20)16(22)14(21)6-9/h5-8H,1-4H2,(H,23,25). The molecular weight excluding hydrogens is 456 g/mol. The van der Waals surface area contributed by atoms with Crippen LogP contribution in [0, 0.1) is 17.5 Å². The molecule has 1 aliphatic heterocycles. The van der Waals surface area contributed by atoms with Crippen molar-refractivity contribution < 1.29 is 31.1 Å². The van der Waals surface area contributed by atoms with Gasteiger partial charge in [0.1, 0.15) is 4.90 Å². The summed E-state index contributed by atoms with van der Waals surface area (Å²) in [4.78, 5) is 12.1. The minimum atomic E-state index is -4.04. The molecule has 0 aromatic heterocycles. The van der Waals surface area contributed by atoms with Crippen LogP contribution in [0.1, 0.15) is 10.4 Å². The van der Waals surface area contributed by atoms with Crippen molar-refractivity contribution >= 4 is 44.8 Å². The van der Waals surface area contributed by atoms with E-state index in [9.17, 15) is 26.4 Å². The first kappa shape index (κ1) is 21.8. The van der Waals surface area contributed by atoms with Crippen LogP contribution in [0.5, 0.6) is 0 Å². The number of ether oxygens (including phenoxy) is 1. The Bertz CT molecular complexity index is 1050. The largest absolute Gasteiger partial charge is 0.379 e. The zero-order valence-corrected chi connectivity index (χ0v) is 16.8. The van der Waals surface area contributed by atoms with Crippen LogP contribution in [0.15, 0.2) is 29.2 Å². The number of benzene rings is 2. The molecule has 2 aromatic carbocycles. The van der Waals surface area contributed by atoms with Gasteiger partial charge in [0.25, 0.3) is 5.91 Å². The molecule has 12 heteroatoms. The second-order valence-corrected chi connectivity index (χ2v) is 8.71. The molecule has 1 saturated heterocycles. The molecule has 1 aliphatic rings. The van der Waals surface area contributed by atoms with Gasteiger partial charge in [-0.3, -0.25) is 4.79 Å². The number of rotatable bonds is 4. The van der Waals surface area contributed by atoms with Gasteiger partial charge in [-0.25, -0.2) is 21.6 Å². The number of carbonyl (C=O) groups is 1. The van der Waals surface area contributed by atoms with Crippen molar-refractivity contribution in [3.05, 3.63) is 57.3 Å². The van der Waals surface area contributed by atoms with Crippen molar-refractivity contribution in [3.8, 4) is 0 Å². The number of carbonyl (C=O) groups excluding carboxylic acids is 1. The Morgan fingerprint density at radius 3 is 2.17 bits per heavy atom. The number of morpholine rings is 1. The van der Waals surface area contributed by atoms with Crippen LogP contribution in [0.3, 0.4) is 0 Å². The summed E-state index contributed by atoms with van der Waals surface area (Å²) in [6.07, 6.45) is 0. The number of nitrogens with one attached hydrogen (secondary N) is 1. The van der Waals surface area contributed by atoms with Gasteiger partial charge in [0, 0.05) is 30.9 Å². The summed E-state index contributed by atoms with van der Waals surface area (Å²) in [5, 5.41) is 1.76. The first-order valence-corrected chi connectivity index (χ1v) is 10.3. The molecule has 0 saturated carbocycles. The fourth-order valence-electron chi connectivity index (χ4n) is 2.65. The van der Waals surface area contributed by atoms with Gasteiger partial charge in [0.05, 0.1) is 28.8 Å². The maximum Gasteiger partial charge on any atom is 0.257 e. The van der Waals surface area contributed by atoms with Crippen molar-refractivity contribution in [2.45, 2.75) is 4.90 Å². The van der Waals surface area contributed by atoms with Gasteiger partial charge in [-0.1, -0.05) is 23.2 Å². The number of halogens is 5. The Balaban J connectivity index is 1.96. The Kier molecular flexibility index (Phi) is 6.39. The van der Waals surface area contributed by atoms with Gasteiger partial charge in [-0.05, 0) is 12.1 Å². The summed E-state index contributed by atoms with van der Waals surface area (Å²) in [6.45, 7) is 0.632. The first-order valence-electron chi connectivity index (χ1n) is 8.14. The number of sulfonamides is 1. The van der Waals surface area contributed by atoms with E-state index in [-0.39, 0.29) is 52.5 Å². The predicted molar refractivity (Wildman–Crippen MR) is 100 cm³/mol. The number of anilines is 1. The van der Waals surface area contributed by atoms with Crippen molar-refractivity contribution in [2.24, 2.45) is 0 Å². The predicted octanol–water partition coefficient (Wildman–Crippen LogP) is 3.68. The number of amides is 1.